The molecule has 1 saturated heterocycles. The van der Waals surface area contributed by atoms with E-state index in [9.17, 15) is 13.2 Å². The van der Waals surface area contributed by atoms with Crippen LogP contribution in [-0.4, -0.2) is 69.6 Å². The molecule has 1 aliphatic rings. The highest BCUT2D eigenvalue weighted by Crippen LogP contribution is 2.39. The van der Waals surface area contributed by atoms with Gasteiger partial charge in [0.15, 0.2) is 11.5 Å². The number of aromatic nitrogens is 4. The first-order valence-corrected chi connectivity index (χ1v) is 11.7. The van der Waals surface area contributed by atoms with Gasteiger partial charge < -0.3 is 15.2 Å². The average Bonchev–Trinajstić information content (AvgIpc) is 3.47. The molecule has 0 aliphatic carbocycles. The number of alkyl halides is 3. The van der Waals surface area contributed by atoms with Crippen molar-refractivity contribution in [3.8, 4) is 17.3 Å². The Hall–Kier alpha value is -3.28. The van der Waals surface area contributed by atoms with E-state index in [-0.39, 0.29) is 30.8 Å². The van der Waals surface area contributed by atoms with Crippen molar-refractivity contribution in [2.24, 2.45) is 5.73 Å². The molecule has 8 nitrogen and oxygen atoms in total. The van der Waals surface area contributed by atoms with Gasteiger partial charge in [-0.3, -0.25) is 9.30 Å². The van der Waals surface area contributed by atoms with Crippen LogP contribution in [0.15, 0.2) is 48.7 Å². The van der Waals surface area contributed by atoms with Crippen LogP contribution in [0.5, 0.6) is 5.75 Å². The van der Waals surface area contributed by atoms with E-state index in [2.05, 4.69) is 10.2 Å². The van der Waals surface area contributed by atoms with E-state index in [1.165, 1.54) is 17.2 Å². The molecule has 2 N–H and O–H groups in total. The van der Waals surface area contributed by atoms with E-state index >= 15 is 0 Å². The predicted octanol–water partition coefficient (Wildman–Crippen LogP) is 3.99. The Kier molecular flexibility index (Phi) is 6.54. The van der Waals surface area contributed by atoms with E-state index in [1.807, 2.05) is 31.2 Å². The minimum absolute atomic E-state index is 0.100. The van der Waals surface area contributed by atoms with Crippen molar-refractivity contribution in [2.75, 3.05) is 26.8 Å². The molecule has 0 amide bonds. The Morgan fingerprint density at radius 1 is 1.14 bits per heavy atom. The molecular weight excluding hydrogens is 473 g/mol. The quantitative estimate of drug-likeness (QED) is 0.410. The number of para-hydroxylation sites is 1. The fraction of sp³-hybridized carbons (Fsp3) is 0.400. The maximum absolute atomic E-state index is 14.1. The Labute approximate surface area is 205 Å². The Balaban J connectivity index is 1.55. The van der Waals surface area contributed by atoms with Gasteiger partial charge in [0.1, 0.15) is 29.6 Å². The highest BCUT2D eigenvalue weighted by atomic mass is 19.4. The van der Waals surface area contributed by atoms with Gasteiger partial charge in [-0.2, -0.15) is 13.2 Å². The fourth-order valence-corrected chi connectivity index (χ4v) is 4.54. The summed E-state index contributed by atoms with van der Waals surface area (Å²) in [5, 5.41) is 9.25. The number of halogens is 3. The second kappa shape index (κ2) is 9.64. The summed E-state index contributed by atoms with van der Waals surface area (Å²) in [7, 11) is 1.61. The molecule has 0 saturated carbocycles. The first-order chi connectivity index (χ1) is 17.2. The fourth-order valence-electron chi connectivity index (χ4n) is 4.54. The smallest absolute Gasteiger partial charge is 0.408 e. The van der Waals surface area contributed by atoms with E-state index in [0.717, 1.165) is 5.39 Å². The number of nitrogens with zero attached hydrogens (tertiary/aromatic N) is 5. The number of benzene rings is 1. The first-order valence-electron chi connectivity index (χ1n) is 11.7. The number of hydrogen-bond acceptors (Lipinski definition) is 7. The van der Waals surface area contributed by atoms with Crippen molar-refractivity contribution in [1.29, 1.82) is 0 Å². The molecule has 190 valence electrons. The summed E-state index contributed by atoms with van der Waals surface area (Å²) in [6.07, 6.45) is -2.59. The summed E-state index contributed by atoms with van der Waals surface area (Å²) in [6, 6.07) is 10.2. The number of likely N-dealkylation sites (tertiary alicyclic amines) is 1. The Morgan fingerprint density at radius 2 is 1.97 bits per heavy atom. The van der Waals surface area contributed by atoms with E-state index in [1.54, 1.807) is 23.6 Å². The minimum Gasteiger partial charge on any atom is -0.489 e. The zero-order chi connectivity index (χ0) is 25.4. The van der Waals surface area contributed by atoms with E-state index < -0.39 is 12.2 Å². The summed E-state index contributed by atoms with van der Waals surface area (Å²) >= 11 is 0. The molecule has 0 radical (unpaired) electrons. The highest BCUT2D eigenvalue weighted by molar-refractivity contribution is 5.86. The molecule has 3 aromatic heterocycles. The third-order valence-corrected chi connectivity index (χ3v) is 6.46. The van der Waals surface area contributed by atoms with E-state index in [4.69, 9.17) is 20.2 Å². The molecule has 4 aromatic rings. The molecule has 5 rings (SSSR count). The highest BCUT2D eigenvalue weighted by Gasteiger charge is 2.46. The molecule has 0 spiro atoms. The SMILES string of the molecule is CO[C@H](C)COc1cccc2ccc(-c3nnc4ccc([C@@H](N5CC[C@H](N)C5)C(F)(F)F)cn34)nc12. The number of ether oxygens (including phenoxy) is 2. The molecule has 1 aromatic carbocycles. The van der Waals surface area contributed by atoms with Gasteiger partial charge in [-0.25, -0.2) is 4.98 Å². The molecule has 1 fully saturated rings. The maximum atomic E-state index is 14.1. The summed E-state index contributed by atoms with van der Waals surface area (Å²) < 4.78 is 55.2. The maximum Gasteiger partial charge on any atom is 0.408 e. The zero-order valence-corrected chi connectivity index (χ0v) is 19.9. The zero-order valence-electron chi connectivity index (χ0n) is 19.9. The van der Waals surface area contributed by atoms with Gasteiger partial charge in [0.25, 0.3) is 0 Å². The van der Waals surface area contributed by atoms with E-state index in [0.29, 0.717) is 41.5 Å². The molecule has 3 atom stereocenters. The van der Waals surface area contributed by atoms with Crippen molar-refractivity contribution < 1.29 is 22.6 Å². The number of rotatable bonds is 7. The van der Waals surface area contributed by atoms with Crippen LogP contribution in [0, 0.1) is 0 Å². The van der Waals surface area contributed by atoms with Crippen LogP contribution in [0.3, 0.4) is 0 Å². The van der Waals surface area contributed by atoms with Crippen LogP contribution in [0.4, 0.5) is 13.2 Å². The molecule has 36 heavy (non-hydrogen) atoms. The van der Waals surface area contributed by atoms with Crippen LogP contribution < -0.4 is 10.5 Å². The van der Waals surface area contributed by atoms with Crippen LogP contribution in [0.25, 0.3) is 28.1 Å². The average molecular weight is 501 g/mol. The minimum atomic E-state index is -4.46. The number of nitrogens with two attached hydrogens (primary N) is 1. The van der Waals surface area contributed by atoms with Crippen LogP contribution in [0.1, 0.15) is 24.9 Å². The third-order valence-electron chi connectivity index (χ3n) is 6.46. The molecule has 0 unspecified atom stereocenters. The third kappa shape index (κ3) is 4.73. The van der Waals surface area contributed by atoms with Crippen LogP contribution in [-0.2, 0) is 4.74 Å². The molecule has 0 bridgehead atoms. The Bertz CT molecular complexity index is 1380. The standard InChI is InChI=1S/C25H27F3N6O2/c1-15(35-2)14-36-20-5-3-4-16-6-8-19(30-22(16)20)24-32-31-21-9-7-17(12-34(21)24)23(25(26,27)28)33-11-10-18(29)13-33/h3-9,12,15,18,23H,10-11,13-14,29H2,1-2H3/t15-,18+,23-/m1/s1. The normalized spacial score (nSPS) is 18.7. The lowest BCUT2D eigenvalue weighted by atomic mass is 10.1. The summed E-state index contributed by atoms with van der Waals surface area (Å²) in [5.41, 5.74) is 7.51. The number of fused-ring (bicyclic) bond motifs is 2. The van der Waals surface area contributed by atoms with Crippen LogP contribution >= 0.6 is 0 Å². The molecule has 1 aliphatic heterocycles. The molecule has 4 heterocycles. The lowest BCUT2D eigenvalue weighted by Gasteiger charge is -2.30. The van der Waals surface area contributed by atoms with Gasteiger partial charge in [0.2, 0.25) is 0 Å². The van der Waals surface area contributed by atoms with Crippen molar-refractivity contribution >= 4 is 16.6 Å². The lowest BCUT2D eigenvalue weighted by molar-refractivity contribution is -0.183. The van der Waals surface area contributed by atoms with Crippen molar-refractivity contribution in [3.63, 3.8) is 0 Å². The van der Waals surface area contributed by atoms with Gasteiger partial charge in [-0.1, -0.05) is 24.3 Å². The summed E-state index contributed by atoms with van der Waals surface area (Å²) in [5.74, 6) is 0.920. The van der Waals surface area contributed by atoms with Crippen molar-refractivity contribution in [3.05, 3.63) is 54.2 Å². The van der Waals surface area contributed by atoms with Crippen LogP contribution in [0.2, 0.25) is 0 Å². The topological polar surface area (TPSA) is 90.8 Å². The Morgan fingerprint density at radius 3 is 2.69 bits per heavy atom. The monoisotopic (exact) mass is 500 g/mol. The summed E-state index contributed by atoms with van der Waals surface area (Å²) in [6.45, 7) is 2.72. The molecule has 11 heteroatoms. The second-order valence-corrected chi connectivity index (χ2v) is 9.08. The van der Waals surface area contributed by atoms with Gasteiger partial charge in [0.05, 0.1) is 6.10 Å². The van der Waals surface area contributed by atoms with Gasteiger partial charge in [0, 0.05) is 37.8 Å². The second-order valence-electron chi connectivity index (χ2n) is 9.08. The first kappa shape index (κ1) is 24.4. The van der Waals surface area contributed by atoms with Crippen molar-refractivity contribution in [1.82, 2.24) is 24.5 Å². The number of methoxy groups -OCH3 is 1. The number of pyridine rings is 2. The van der Waals surface area contributed by atoms with Gasteiger partial charge in [-0.15, -0.1) is 10.2 Å². The summed E-state index contributed by atoms with van der Waals surface area (Å²) in [4.78, 5) is 6.13. The van der Waals surface area contributed by atoms with Crippen molar-refractivity contribution in [2.45, 2.75) is 37.7 Å². The molecular formula is C25H27F3N6O2. The predicted molar refractivity (Wildman–Crippen MR) is 129 cm³/mol. The lowest BCUT2D eigenvalue weighted by Crippen LogP contribution is -2.38. The van der Waals surface area contributed by atoms with Gasteiger partial charge in [-0.05, 0) is 37.1 Å². The largest absolute Gasteiger partial charge is 0.489 e. The van der Waals surface area contributed by atoms with Gasteiger partial charge >= 0.3 is 6.18 Å². The number of hydrogen-bond donors (Lipinski definition) is 1.